The number of rotatable bonds is 5. The van der Waals surface area contributed by atoms with Crippen LogP contribution in [0.15, 0.2) is 42.7 Å². The average molecular weight is 352 g/mol. The molecule has 0 saturated carbocycles. The second kappa shape index (κ2) is 7.03. The van der Waals surface area contributed by atoms with Crippen molar-refractivity contribution in [3.63, 3.8) is 0 Å². The van der Waals surface area contributed by atoms with E-state index >= 15 is 0 Å². The Labute approximate surface area is 153 Å². The number of hydrogen-bond donors (Lipinski definition) is 0. The zero-order valence-corrected chi connectivity index (χ0v) is 15.1. The summed E-state index contributed by atoms with van der Waals surface area (Å²) in [5, 5.41) is 0. The maximum absolute atomic E-state index is 13.1. The van der Waals surface area contributed by atoms with Gasteiger partial charge in [0.1, 0.15) is 0 Å². The van der Waals surface area contributed by atoms with E-state index in [1.807, 2.05) is 35.2 Å². The van der Waals surface area contributed by atoms with Crippen molar-refractivity contribution in [3.8, 4) is 5.88 Å². The molecule has 4 heterocycles. The smallest absolute Gasteiger partial charge is 0.230 e. The van der Waals surface area contributed by atoms with Gasteiger partial charge in [0.25, 0.3) is 0 Å². The zero-order valence-electron chi connectivity index (χ0n) is 15.1. The number of pyridine rings is 2. The molecule has 0 N–H and O–H groups in total. The van der Waals surface area contributed by atoms with Crippen LogP contribution in [0.4, 0.5) is 0 Å². The van der Waals surface area contributed by atoms with E-state index in [0.717, 1.165) is 50.3 Å². The van der Waals surface area contributed by atoms with Gasteiger partial charge in [0.05, 0.1) is 24.8 Å². The number of carbonyl (C=O) groups is 1. The molecular weight excluding hydrogens is 328 g/mol. The standard InChI is InChI=1S/C20H24N4O2/c1-26-18-16(5-4-10-22-18)13-23-11-7-20(15-23)8-12-24(19(20)25)14-17-6-2-3-9-21-17/h2-6,9-10H,7-8,11-15H2,1H3. The van der Waals surface area contributed by atoms with Crippen LogP contribution in [0.3, 0.4) is 0 Å². The summed E-state index contributed by atoms with van der Waals surface area (Å²) in [6.45, 7) is 3.94. The summed E-state index contributed by atoms with van der Waals surface area (Å²) in [6.07, 6.45) is 5.38. The molecule has 2 aromatic rings. The van der Waals surface area contributed by atoms with Crippen LogP contribution in [0.2, 0.25) is 0 Å². The Balaban J connectivity index is 1.42. The van der Waals surface area contributed by atoms with Crippen LogP contribution in [0, 0.1) is 5.41 Å². The Bertz CT molecular complexity index is 782. The molecule has 0 aromatic carbocycles. The number of nitrogens with zero attached hydrogens (tertiary/aromatic N) is 4. The topological polar surface area (TPSA) is 58.6 Å². The van der Waals surface area contributed by atoms with E-state index in [-0.39, 0.29) is 11.3 Å². The molecule has 2 aromatic heterocycles. The number of ether oxygens (including phenoxy) is 1. The Hall–Kier alpha value is -2.47. The van der Waals surface area contributed by atoms with E-state index in [1.54, 1.807) is 19.5 Å². The van der Waals surface area contributed by atoms with Crippen molar-refractivity contribution < 1.29 is 9.53 Å². The number of methoxy groups -OCH3 is 1. The van der Waals surface area contributed by atoms with E-state index in [9.17, 15) is 4.79 Å². The Morgan fingerprint density at radius 1 is 1.08 bits per heavy atom. The van der Waals surface area contributed by atoms with Gasteiger partial charge in [-0.2, -0.15) is 0 Å². The van der Waals surface area contributed by atoms with Gasteiger partial charge < -0.3 is 9.64 Å². The highest BCUT2D eigenvalue weighted by Crippen LogP contribution is 2.41. The van der Waals surface area contributed by atoms with Crippen LogP contribution in [0.25, 0.3) is 0 Å². The summed E-state index contributed by atoms with van der Waals surface area (Å²) >= 11 is 0. The number of likely N-dealkylation sites (tertiary alicyclic amines) is 2. The summed E-state index contributed by atoms with van der Waals surface area (Å²) < 4.78 is 5.36. The quantitative estimate of drug-likeness (QED) is 0.825. The fourth-order valence-corrected chi connectivity index (χ4v) is 4.17. The highest BCUT2D eigenvalue weighted by molar-refractivity contribution is 5.85. The maximum atomic E-state index is 13.1. The predicted octanol–water partition coefficient (Wildman–Crippen LogP) is 2.11. The van der Waals surface area contributed by atoms with E-state index < -0.39 is 0 Å². The van der Waals surface area contributed by atoms with Crippen molar-refractivity contribution in [2.45, 2.75) is 25.9 Å². The Morgan fingerprint density at radius 3 is 2.73 bits per heavy atom. The van der Waals surface area contributed by atoms with E-state index in [4.69, 9.17) is 4.74 Å². The third kappa shape index (κ3) is 3.17. The minimum Gasteiger partial charge on any atom is -0.481 e. The molecule has 136 valence electrons. The molecule has 1 unspecified atom stereocenters. The first-order chi connectivity index (χ1) is 12.7. The van der Waals surface area contributed by atoms with Crippen LogP contribution in [-0.2, 0) is 17.9 Å². The summed E-state index contributed by atoms with van der Waals surface area (Å²) in [7, 11) is 1.65. The van der Waals surface area contributed by atoms with Crippen LogP contribution >= 0.6 is 0 Å². The molecule has 2 aliphatic rings. The largest absolute Gasteiger partial charge is 0.481 e. The van der Waals surface area contributed by atoms with E-state index in [2.05, 4.69) is 14.9 Å². The van der Waals surface area contributed by atoms with Gasteiger partial charge in [-0.3, -0.25) is 14.7 Å². The normalized spacial score (nSPS) is 23.1. The van der Waals surface area contributed by atoms with Crippen molar-refractivity contribution in [2.24, 2.45) is 5.41 Å². The van der Waals surface area contributed by atoms with Gasteiger partial charge in [0.2, 0.25) is 11.8 Å². The molecule has 26 heavy (non-hydrogen) atoms. The lowest BCUT2D eigenvalue weighted by atomic mass is 9.85. The molecule has 1 spiro atoms. The Kier molecular flexibility index (Phi) is 4.59. The maximum Gasteiger partial charge on any atom is 0.230 e. The monoisotopic (exact) mass is 352 g/mol. The van der Waals surface area contributed by atoms with Gasteiger partial charge in [0.15, 0.2) is 0 Å². The SMILES string of the molecule is COc1ncccc1CN1CCC2(CCN(Cc3ccccn3)C2=O)C1. The lowest BCUT2D eigenvalue weighted by molar-refractivity contribution is -0.136. The van der Waals surface area contributed by atoms with Crippen LogP contribution in [0.1, 0.15) is 24.1 Å². The lowest BCUT2D eigenvalue weighted by Crippen LogP contribution is -2.36. The number of carbonyl (C=O) groups excluding carboxylic acids is 1. The molecule has 0 aliphatic carbocycles. The van der Waals surface area contributed by atoms with Gasteiger partial charge in [-0.15, -0.1) is 0 Å². The highest BCUT2D eigenvalue weighted by Gasteiger charge is 2.50. The van der Waals surface area contributed by atoms with Crippen molar-refractivity contribution in [1.82, 2.24) is 19.8 Å². The second-order valence-corrected chi connectivity index (χ2v) is 7.21. The summed E-state index contributed by atoms with van der Waals surface area (Å²) in [4.78, 5) is 26.0. The van der Waals surface area contributed by atoms with Crippen LogP contribution in [-0.4, -0.2) is 52.4 Å². The zero-order chi connectivity index (χ0) is 18.0. The minimum absolute atomic E-state index is 0.232. The van der Waals surface area contributed by atoms with E-state index in [0.29, 0.717) is 12.4 Å². The van der Waals surface area contributed by atoms with Crippen LogP contribution in [0.5, 0.6) is 5.88 Å². The molecule has 4 rings (SSSR count). The third-order valence-electron chi connectivity index (χ3n) is 5.55. The predicted molar refractivity (Wildman–Crippen MR) is 97.4 cm³/mol. The van der Waals surface area contributed by atoms with Gasteiger partial charge >= 0.3 is 0 Å². The van der Waals surface area contributed by atoms with E-state index in [1.165, 1.54) is 0 Å². The highest BCUT2D eigenvalue weighted by atomic mass is 16.5. The second-order valence-electron chi connectivity index (χ2n) is 7.21. The van der Waals surface area contributed by atoms with Crippen molar-refractivity contribution in [1.29, 1.82) is 0 Å². The molecular formula is C20H24N4O2. The molecule has 0 radical (unpaired) electrons. The molecule has 6 nitrogen and oxygen atoms in total. The van der Waals surface area contributed by atoms with Gasteiger partial charge in [-0.25, -0.2) is 4.98 Å². The summed E-state index contributed by atoms with van der Waals surface area (Å²) in [6, 6.07) is 9.82. The lowest BCUT2D eigenvalue weighted by Gasteiger charge is -2.24. The van der Waals surface area contributed by atoms with Crippen molar-refractivity contribution in [2.75, 3.05) is 26.7 Å². The van der Waals surface area contributed by atoms with Crippen molar-refractivity contribution >= 4 is 5.91 Å². The molecule has 2 aliphatic heterocycles. The first kappa shape index (κ1) is 17.0. The number of amides is 1. The molecule has 2 saturated heterocycles. The number of aromatic nitrogens is 2. The average Bonchev–Trinajstić information content (AvgIpc) is 3.22. The minimum atomic E-state index is -0.232. The summed E-state index contributed by atoms with van der Waals surface area (Å²) in [5.74, 6) is 0.951. The molecule has 6 heteroatoms. The Morgan fingerprint density at radius 2 is 1.92 bits per heavy atom. The van der Waals surface area contributed by atoms with Crippen LogP contribution < -0.4 is 4.74 Å². The fraction of sp³-hybridized carbons (Fsp3) is 0.450. The molecule has 2 fully saturated rings. The summed E-state index contributed by atoms with van der Waals surface area (Å²) in [5.41, 5.74) is 1.79. The first-order valence-corrected chi connectivity index (χ1v) is 9.10. The fourth-order valence-electron chi connectivity index (χ4n) is 4.17. The van der Waals surface area contributed by atoms with Gasteiger partial charge in [0, 0.05) is 37.6 Å². The number of hydrogen-bond acceptors (Lipinski definition) is 5. The first-order valence-electron chi connectivity index (χ1n) is 9.10. The molecule has 1 atom stereocenters. The third-order valence-corrected chi connectivity index (χ3v) is 5.55. The van der Waals surface area contributed by atoms with Gasteiger partial charge in [-0.05, 0) is 37.6 Å². The molecule has 1 amide bonds. The van der Waals surface area contributed by atoms with Gasteiger partial charge in [-0.1, -0.05) is 12.1 Å². The van der Waals surface area contributed by atoms with Crippen molar-refractivity contribution in [3.05, 3.63) is 54.0 Å². The molecule has 0 bridgehead atoms.